The molecule has 3 rings (SSSR count). The molecule has 1 heterocycles. The Kier molecular flexibility index (Phi) is 4.56. The lowest BCUT2D eigenvalue weighted by Gasteiger charge is -2.04. The van der Waals surface area contributed by atoms with Crippen molar-refractivity contribution in [2.24, 2.45) is 0 Å². The number of nitrogens with zero attached hydrogens (tertiary/aromatic N) is 1. The van der Waals surface area contributed by atoms with Gasteiger partial charge in [0.1, 0.15) is 10.8 Å². The van der Waals surface area contributed by atoms with Crippen molar-refractivity contribution >= 4 is 21.2 Å². The highest BCUT2D eigenvalue weighted by atomic mass is 32.2. The zero-order valence-corrected chi connectivity index (χ0v) is 15.5. The van der Waals surface area contributed by atoms with Crippen LogP contribution in [0.1, 0.15) is 21.7 Å². The SMILES string of the molecule is Cc1ccc(S(=O)(=O)Cc2nc(-c3cc(C)ccc3C)cs2)cc1. The summed E-state index contributed by atoms with van der Waals surface area (Å²) >= 11 is 1.39. The summed E-state index contributed by atoms with van der Waals surface area (Å²) in [5.41, 5.74) is 5.25. The van der Waals surface area contributed by atoms with Gasteiger partial charge >= 0.3 is 0 Å². The lowest BCUT2D eigenvalue weighted by Crippen LogP contribution is -2.04. The first-order valence-corrected chi connectivity index (χ1v) is 10.2. The molecule has 5 heteroatoms. The highest BCUT2D eigenvalue weighted by Crippen LogP contribution is 2.28. The molecule has 124 valence electrons. The second-order valence-electron chi connectivity index (χ2n) is 6.02. The van der Waals surface area contributed by atoms with Crippen LogP contribution in [-0.2, 0) is 15.6 Å². The van der Waals surface area contributed by atoms with Crippen LogP contribution in [0.3, 0.4) is 0 Å². The van der Waals surface area contributed by atoms with Gasteiger partial charge in [0.15, 0.2) is 9.84 Å². The van der Waals surface area contributed by atoms with E-state index in [9.17, 15) is 8.42 Å². The molecular weight excluding hydrogens is 338 g/mol. The van der Waals surface area contributed by atoms with E-state index in [-0.39, 0.29) is 5.75 Å². The predicted octanol–water partition coefficient (Wildman–Crippen LogP) is 4.71. The molecule has 0 radical (unpaired) electrons. The van der Waals surface area contributed by atoms with Crippen LogP contribution in [-0.4, -0.2) is 13.4 Å². The van der Waals surface area contributed by atoms with Crippen molar-refractivity contribution in [3.05, 3.63) is 69.5 Å². The van der Waals surface area contributed by atoms with Gasteiger partial charge in [-0.1, -0.05) is 35.4 Å². The number of aromatic nitrogens is 1. The van der Waals surface area contributed by atoms with Gasteiger partial charge in [-0.2, -0.15) is 0 Å². The summed E-state index contributed by atoms with van der Waals surface area (Å²) in [4.78, 5) is 4.89. The first kappa shape index (κ1) is 16.9. The van der Waals surface area contributed by atoms with Gasteiger partial charge in [0.25, 0.3) is 0 Å². The average Bonchev–Trinajstić information content (AvgIpc) is 2.97. The van der Waals surface area contributed by atoms with Crippen molar-refractivity contribution < 1.29 is 8.42 Å². The zero-order valence-electron chi connectivity index (χ0n) is 13.9. The minimum atomic E-state index is -3.37. The van der Waals surface area contributed by atoms with Crippen molar-refractivity contribution in [2.75, 3.05) is 0 Å². The average molecular weight is 358 g/mol. The Balaban J connectivity index is 1.88. The number of thiazole rings is 1. The van der Waals surface area contributed by atoms with Gasteiger partial charge in [0.2, 0.25) is 0 Å². The Morgan fingerprint density at radius 2 is 1.62 bits per heavy atom. The van der Waals surface area contributed by atoms with E-state index in [0.29, 0.717) is 9.90 Å². The summed E-state index contributed by atoms with van der Waals surface area (Å²) in [5.74, 6) is -0.0639. The molecule has 0 atom stereocenters. The molecule has 0 spiro atoms. The van der Waals surface area contributed by atoms with E-state index in [4.69, 9.17) is 0 Å². The number of sulfone groups is 1. The summed E-state index contributed by atoms with van der Waals surface area (Å²) in [6.45, 7) is 6.02. The van der Waals surface area contributed by atoms with Gasteiger partial charge < -0.3 is 0 Å². The Labute approximate surface area is 146 Å². The summed E-state index contributed by atoms with van der Waals surface area (Å²) in [5, 5.41) is 2.55. The van der Waals surface area contributed by atoms with E-state index >= 15 is 0 Å². The standard InChI is InChI=1S/C19H19NO2S2/c1-13-5-8-16(9-6-13)24(21,22)12-19-20-18(11-23-19)17-10-14(2)4-7-15(17)3/h4-11H,12H2,1-3H3. The molecule has 0 saturated heterocycles. The van der Waals surface area contributed by atoms with E-state index in [0.717, 1.165) is 27.9 Å². The molecule has 0 aliphatic rings. The van der Waals surface area contributed by atoms with Crippen molar-refractivity contribution in [3.63, 3.8) is 0 Å². The molecule has 0 fully saturated rings. The fraction of sp³-hybridized carbons (Fsp3) is 0.211. The fourth-order valence-corrected chi connectivity index (χ4v) is 4.93. The Morgan fingerprint density at radius 3 is 2.33 bits per heavy atom. The minimum absolute atomic E-state index is 0.0639. The van der Waals surface area contributed by atoms with Crippen LogP contribution < -0.4 is 0 Å². The molecule has 0 amide bonds. The van der Waals surface area contributed by atoms with Crippen LogP contribution in [0.15, 0.2) is 52.7 Å². The van der Waals surface area contributed by atoms with Crippen molar-refractivity contribution in [1.82, 2.24) is 4.98 Å². The van der Waals surface area contributed by atoms with E-state index in [1.807, 2.05) is 38.3 Å². The Bertz CT molecular complexity index is 971. The van der Waals surface area contributed by atoms with Crippen LogP contribution in [0.2, 0.25) is 0 Å². The molecule has 0 bridgehead atoms. The van der Waals surface area contributed by atoms with Gasteiger partial charge in [-0.05, 0) is 44.5 Å². The van der Waals surface area contributed by atoms with E-state index < -0.39 is 9.84 Å². The number of aryl methyl sites for hydroxylation is 3. The lowest BCUT2D eigenvalue weighted by molar-refractivity contribution is 0.595. The zero-order chi connectivity index (χ0) is 17.3. The molecule has 1 aromatic heterocycles. The normalized spacial score (nSPS) is 11.6. The summed E-state index contributed by atoms with van der Waals surface area (Å²) in [7, 11) is -3.37. The largest absolute Gasteiger partial charge is 0.240 e. The number of hydrogen-bond donors (Lipinski definition) is 0. The summed E-state index contributed by atoms with van der Waals surface area (Å²) < 4.78 is 25.1. The predicted molar refractivity (Wildman–Crippen MR) is 99.1 cm³/mol. The second kappa shape index (κ2) is 6.49. The molecule has 0 N–H and O–H groups in total. The molecule has 3 aromatic rings. The highest BCUT2D eigenvalue weighted by molar-refractivity contribution is 7.90. The van der Waals surface area contributed by atoms with E-state index in [1.54, 1.807) is 12.1 Å². The van der Waals surface area contributed by atoms with Crippen LogP contribution in [0.4, 0.5) is 0 Å². The smallest absolute Gasteiger partial charge is 0.184 e. The van der Waals surface area contributed by atoms with Gasteiger partial charge in [-0.3, -0.25) is 0 Å². The van der Waals surface area contributed by atoms with Gasteiger partial charge in [0.05, 0.1) is 10.6 Å². The van der Waals surface area contributed by atoms with Crippen molar-refractivity contribution in [3.8, 4) is 11.3 Å². The molecule has 0 unspecified atom stereocenters. The highest BCUT2D eigenvalue weighted by Gasteiger charge is 2.18. The molecule has 0 saturated carbocycles. The lowest BCUT2D eigenvalue weighted by atomic mass is 10.0. The van der Waals surface area contributed by atoms with Crippen LogP contribution in [0.25, 0.3) is 11.3 Å². The van der Waals surface area contributed by atoms with Crippen molar-refractivity contribution in [1.29, 1.82) is 0 Å². The van der Waals surface area contributed by atoms with Crippen LogP contribution in [0.5, 0.6) is 0 Å². The van der Waals surface area contributed by atoms with E-state index in [1.165, 1.54) is 11.3 Å². The van der Waals surface area contributed by atoms with Gasteiger partial charge in [-0.15, -0.1) is 11.3 Å². The maximum Gasteiger partial charge on any atom is 0.184 e. The quantitative estimate of drug-likeness (QED) is 0.679. The van der Waals surface area contributed by atoms with Crippen LogP contribution >= 0.6 is 11.3 Å². The third-order valence-corrected chi connectivity index (χ3v) is 6.59. The Hall–Kier alpha value is -1.98. The first-order valence-electron chi connectivity index (χ1n) is 7.66. The van der Waals surface area contributed by atoms with Gasteiger partial charge in [-0.25, -0.2) is 13.4 Å². The van der Waals surface area contributed by atoms with E-state index in [2.05, 4.69) is 23.2 Å². The van der Waals surface area contributed by atoms with Crippen molar-refractivity contribution in [2.45, 2.75) is 31.4 Å². The number of benzene rings is 2. The molecule has 0 aliphatic heterocycles. The third-order valence-electron chi connectivity index (χ3n) is 3.91. The maximum absolute atomic E-state index is 12.5. The second-order valence-corrected chi connectivity index (χ2v) is 8.95. The minimum Gasteiger partial charge on any atom is -0.240 e. The maximum atomic E-state index is 12.5. The topological polar surface area (TPSA) is 47.0 Å². The Morgan fingerprint density at radius 1 is 0.958 bits per heavy atom. The summed E-state index contributed by atoms with van der Waals surface area (Å²) in [6.07, 6.45) is 0. The molecular formula is C19H19NO2S2. The monoisotopic (exact) mass is 357 g/mol. The fourth-order valence-electron chi connectivity index (χ4n) is 2.50. The summed E-state index contributed by atoms with van der Waals surface area (Å²) in [6, 6.07) is 13.2. The number of hydrogen-bond acceptors (Lipinski definition) is 4. The molecule has 3 nitrogen and oxygen atoms in total. The third kappa shape index (κ3) is 3.57. The number of rotatable bonds is 4. The van der Waals surface area contributed by atoms with Gasteiger partial charge in [0, 0.05) is 10.9 Å². The molecule has 2 aromatic carbocycles. The van der Waals surface area contributed by atoms with Crippen LogP contribution in [0, 0.1) is 20.8 Å². The molecule has 24 heavy (non-hydrogen) atoms. The first-order chi connectivity index (χ1) is 11.3. The molecule has 0 aliphatic carbocycles.